The molecule has 140 valence electrons. The molecule has 0 atom stereocenters. The fourth-order valence-electron chi connectivity index (χ4n) is 3.33. The van der Waals surface area contributed by atoms with Crippen molar-refractivity contribution in [3.05, 3.63) is 45.6 Å². The molecule has 1 aliphatic rings. The predicted molar refractivity (Wildman–Crippen MR) is 105 cm³/mol. The third-order valence-electron chi connectivity index (χ3n) is 4.74. The van der Waals surface area contributed by atoms with Crippen LogP contribution >= 0.6 is 11.3 Å². The number of benzene rings is 1. The summed E-state index contributed by atoms with van der Waals surface area (Å²) in [4.78, 5) is 14.2. The van der Waals surface area contributed by atoms with Crippen LogP contribution in [0.15, 0.2) is 34.5 Å². The highest BCUT2D eigenvalue weighted by Gasteiger charge is 2.23. The van der Waals surface area contributed by atoms with Crippen LogP contribution in [0.25, 0.3) is 0 Å². The average molecular weight is 393 g/mol. The normalized spacial score (nSPS) is 14.3. The summed E-state index contributed by atoms with van der Waals surface area (Å²) in [6.07, 6.45) is 4.28. The molecule has 0 unspecified atom stereocenters. The second-order valence-electron chi connectivity index (χ2n) is 6.33. The summed E-state index contributed by atoms with van der Waals surface area (Å²) < 4.78 is 26.7. The van der Waals surface area contributed by atoms with E-state index in [0.29, 0.717) is 18.8 Å². The SMILES string of the molecule is CCN(CC)S(=O)(=O)c1cccc(NC(=O)c2csc3c2CCCC3)c1. The van der Waals surface area contributed by atoms with Gasteiger partial charge in [0.1, 0.15) is 0 Å². The Morgan fingerprint density at radius 3 is 2.65 bits per heavy atom. The van der Waals surface area contributed by atoms with Crippen molar-refractivity contribution in [2.45, 2.75) is 44.4 Å². The first-order valence-corrected chi connectivity index (χ1v) is 11.3. The number of nitrogens with one attached hydrogen (secondary N) is 1. The molecule has 2 aromatic rings. The van der Waals surface area contributed by atoms with Gasteiger partial charge in [-0.15, -0.1) is 11.3 Å². The van der Waals surface area contributed by atoms with Gasteiger partial charge >= 0.3 is 0 Å². The highest BCUT2D eigenvalue weighted by atomic mass is 32.2. The van der Waals surface area contributed by atoms with E-state index in [0.717, 1.165) is 30.4 Å². The van der Waals surface area contributed by atoms with E-state index in [1.807, 2.05) is 19.2 Å². The van der Waals surface area contributed by atoms with Crippen molar-refractivity contribution in [3.63, 3.8) is 0 Å². The smallest absolute Gasteiger partial charge is 0.256 e. The molecule has 1 aromatic carbocycles. The minimum Gasteiger partial charge on any atom is -0.322 e. The van der Waals surface area contributed by atoms with Crippen LogP contribution < -0.4 is 5.32 Å². The minimum absolute atomic E-state index is 0.165. The number of rotatable bonds is 6. The first-order chi connectivity index (χ1) is 12.5. The molecule has 1 heterocycles. The number of amides is 1. The van der Waals surface area contributed by atoms with Gasteiger partial charge in [-0.05, 0) is 49.4 Å². The zero-order valence-corrected chi connectivity index (χ0v) is 16.8. The van der Waals surface area contributed by atoms with E-state index >= 15 is 0 Å². The second kappa shape index (κ2) is 7.90. The summed E-state index contributed by atoms with van der Waals surface area (Å²) in [5.41, 5.74) is 2.38. The molecule has 0 aliphatic heterocycles. The molecule has 1 amide bonds. The van der Waals surface area contributed by atoms with Crippen LogP contribution in [0.3, 0.4) is 0 Å². The number of nitrogens with zero attached hydrogens (tertiary/aromatic N) is 1. The number of carbonyl (C=O) groups is 1. The van der Waals surface area contributed by atoms with Crippen LogP contribution in [0.2, 0.25) is 0 Å². The van der Waals surface area contributed by atoms with E-state index in [-0.39, 0.29) is 10.8 Å². The molecule has 1 aliphatic carbocycles. The Morgan fingerprint density at radius 1 is 1.19 bits per heavy atom. The maximum absolute atomic E-state index is 12.7. The highest BCUT2D eigenvalue weighted by molar-refractivity contribution is 7.89. The zero-order valence-electron chi connectivity index (χ0n) is 15.1. The van der Waals surface area contributed by atoms with Gasteiger partial charge in [0.2, 0.25) is 10.0 Å². The molecule has 0 radical (unpaired) electrons. The Hall–Kier alpha value is -1.70. The quantitative estimate of drug-likeness (QED) is 0.810. The lowest BCUT2D eigenvalue weighted by Crippen LogP contribution is -2.30. The predicted octanol–water partition coefficient (Wildman–Crippen LogP) is 3.91. The number of aryl methyl sites for hydroxylation is 1. The number of anilines is 1. The Kier molecular flexibility index (Phi) is 5.79. The Labute approximate surface area is 159 Å². The third-order valence-corrected chi connectivity index (χ3v) is 7.88. The van der Waals surface area contributed by atoms with Crippen LogP contribution in [0.1, 0.15) is 47.5 Å². The molecule has 0 spiro atoms. The van der Waals surface area contributed by atoms with E-state index in [2.05, 4.69) is 5.32 Å². The number of sulfonamides is 1. The summed E-state index contributed by atoms with van der Waals surface area (Å²) in [6, 6.07) is 6.48. The van der Waals surface area contributed by atoms with Gasteiger partial charge in [-0.3, -0.25) is 4.79 Å². The van der Waals surface area contributed by atoms with Gasteiger partial charge in [0.15, 0.2) is 0 Å². The number of hydrogen-bond donors (Lipinski definition) is 1. The molecule has 0 saturated carbocycles. The molecule has 3 rings (SSSR count). The Morgan fingerprint density at radius 2 is 1.92 bits per heavy atom. The van der Waals surface area contributed by atoms with Crippen molar-refractivity contribution in [3.8, 4) is 0 Å². The monoisotopic (exact) mass is 392 g/mol. The molecule has 0 saturated heterocycles. The van der Waals surface area contributed by atoms with Gasteiger partial charge in [-0.1, -0.05) is 19.9 Å². The van der Waals surface area contributed by atoms with Crippen molar-refractivity contribution >= 4 is 33.0 Å². The first kappa shape index (κ1) is 19.1. The molecule has 1 N–H and O–H groups in total. The van der Waals surface area contributed by atoms with Crippen LogP contribution in [0.4, 0.5) is 5.69 Å². The lowest BCUT2D eigenvalue weighted by atomic mass is 9.95. The fraction of sp³-hybridized carbons (Fsp3) is 0.421. The second-order valence-corrected chi connectivity index (χ2v) is 9.23. The highest BCUT2D eigenvalue weighted by Crippen LogP contribution is 2.31. The minimum atomic E-state index is -3.54. The molecule has 1 aromatic heterocycles. The summed E-state index contributed by atoms with van der Waals surface area (Å²) in [5, 5.41) is 4.79. The van der Waals surface area contributed by atoms with E-state index < -0.39 is 10.0 Å². The maximum atomic E-state index is 12.7. The van der Waals surface area contributed by atoms with Gasteiger partial charge < -0.3 is 5.32 Å². The average Bonchev–Trinajstić information content (AvgIpc) is 3.07. The van der Waals surface area contributed by atoms with Gasteiger partial charge in [0, 0.05) is 29.0 Å². The standard InChI is InChI=1S/C19H24N2O3S2/c1-3-21(4-2)26(23,24)15-9-7-8-14(12-15)20-19(22)17-13-25-18-11-6-5-10-16(17)18/h7-9,12-13H,3-6,10-11H2,1-2H3,(H,20,22). The van der Waals surface area contributed by atoms with Crippen molar-refractivity contribution < 1.29 is 13.2 Å². The topological polar surface area (TPSA) is 66.5 Å². The molecule has 26 heavy (non-hydrogen) atoms. The first-order valence-electron chi connectivity index (χ1n) is 8.98. The summed E-state index contributed by atoms with van der Waals surface area (Å²) >= 11 is 1.64. The van der Waals surface area contributed by atoms with Crippen molar-refractivity contribution in [1.29, 1.82) is 0 Å². The van der Waals surface area contributed by atoms with E-state index in [1.54, 1.807) is 29.5 Å². The molecule has 7 heteroatoms. The van der Waals surface area contributed by atoms with E-state index in [4.69, 9.17) is 0 Å². The van der Waals surface area contributed by atoms with Gasteiger partial charge in [0.25, 0.3) is 5.91 Å². The van der Waals surface area contributed by atoms with E-state index in [1.165, 1.54) is 21.7 Å². The van der Waals surface area contributed by atoms with Crippen LogP contribution in [0, 0.1) is 0 Å². The fourth-order valence-corrected chi connectivity index (χ4v) is 5.96. The number of carbonyl (C=O) groups excluding carboxylic acids is 1. The number of thiophene rings is 1. The summed E-state index contributed by atoms with van der Waals surface area (Å²) in [7, 11) is -3.54. The van der Waals surface area contributed by atoms with Crippen molar-refractivity contribution in [1.82, 2.24) is 4.31 Å². The molecule has 0 bridgehead atoms. The van der Waals surface area contributed by atoms with Crippen molar-refractivity contribution in [2.24, 2.45) is 0 Å². The molecular formula is C19H24N2O3S2. The number of fused-ring (bicyclic) bond motifs is 1. The molecule has 0 fully saturated rings. The van der Waals surface area contributed by atoms with Crippen LogP contribution in [0.5, 0.6) is 0 Å². The summed E-state index contributed by atoms with van der Waals surface area (Å²) in [6.45, 7) is 4.45. The molecular weight excluding hydrogens is 368 g/mol. The largest absolute Gasteiger partial charge is 0.322 e. The van der Waals surface area contributed by atoms with Crippen molar-refractivity contribution in [2.75, 3.05) is 18.4 Å². The third kappa shape index (κ3) is 3.70. The zero-order chi connectivity index (χ0) is 18.7. The Balaban J connectivity index is 1.83. The molecule has 5 nitrogen and oxygen atoms in total. The Bertz CT molecular complexity index is 899. The lowest BCUT2D eigenvalue weighted by molar-refractivity contribution is 0.102. The lowest BCUT2D eigenvalue weighted by Gasteiger charge is -2.19. The van der Waals surface area contributed by atoms with Gasteiger partial charge in [-0.25, -0.2) is 8.42 Å². The van der Waals surface area contributed by atoms with Crippen LogP contribution in [-0.4, -0.2) is 31.7 Å². The van der Waals surface area contributed by atoms with Gasteiger partial charge in [0.05, 0.1) is 10.5 Å². The van der Waals surface area contributed by atoms with E-state index in [9.17, 15) is 13.2 Å². The summed E-state index contributed by atoms with van der Waals surface area (Å²) in [5.74, 6) is -0.165. The van der Waals surface area contributed by atoms with Gasteiger partial charge in [-0.2, -0.15) is 4.31 Å². The van der Waals surface area contributed by atoms with Crippen LogP contribution in [-0.2, 0) is 22.9 Å². The maximum Gasteiger partial charge on any atom is 0.256 e. The number of hydrogen-bond acceptors (Lipinski definition) is 4.